The molecule has 0 saturated carbocycles. The summed E-state index contributed by atoms with van der Waals surface area (Å²) in [7, 11) is 7.74. The van der Waals surface area contributed by atoms with Crippen LogP contribution in [-0.2, 0) is 4.79 Å². The Labute approximate surface area is 168 Å². The van der Waals surface area contributed by atoms with Gasteiger partial charge in [0.15, 0.2) is 23.0 Å². The lowest BCUT2D eigenvalue weighted by molar-refractivity contribution is -0.131. The highest BCUT2D eigenvalue weighted by molar-refractivity contribution is 6.16. The predicted molar refractivity (Wildman–Crippen MR) is 111 cm³/mol. The van der Waals surface area contributed by atoms with Crippen LogP contribution >= 0.6 is 0 Å². The monoisotopic (exact) mass is 398 g/mol. The van der Waals surface area contributed by atoms with Gasteiger partial charge in [-0.1, -0.05) is 0 Å². The van der Waals surface area contributed by atoms with Crippen molar-refractivity contribution in [3.05, 3.63) is 35.9 Å². The number of aliphatic carboxylic acids is 1. The Balaban J connectivity index is 2.57. The smallest absolute Gasteiger partial charge is 0.328 e. The van der Waals surface area contributed by atoms with Gasteiger partial charge in [0.2, 0.25) is 5.75 Å². The average molecular weight is 398 g/mol. The summed E-state index contributed by atoms with van der Waals surface area (Å²) in [4.78, 5) is 11.1. The van der Waals surface area contributed by atoms with Crippen molar-refractivity contribution in [1.82, 2.24) is 0 Å². The molecule has 0 saturated heterocycles. The number of methoxy groups -OCH3 is 5. The Morgan fingerprint density at radius 2 is 1.34 bits per heavy atom. The third-order valence-electron chi connectivity index (χ3n) is 4.68. The Kier molecular flexibility index (Phi) is 5.68. The molecule has 0 aliphatic rings. The topological polar surface area (TPSA) is 83.5 Å². The molecule has 3 aromatic rings. The molecule has 0 unspecified atom stereocenters. The maximum atomic E-state index is 11.1. The van der Waals surface area contributed by atoms with Crippen LogP contribution in [0.15, 0.2) is 30.3 Å². The number of ether oxygens (including phenoxy) is 5. The summed E-state index contributed by atoms with van der Waals surface area (Å²) >= 11 is 0. The lowest BCUT2D eigenvalue weighted by Gasteiger charge is -2.18. The molecule has 7 heteroatoms. The van der Waals surface area contributed by atoms with Crippen LogP contribution in [-0.4, -0.2) is 46.6 Å². The van der Waals surface area contributed by atoms with E-state index in [1.165, 1.54) is 20.3 Å². The first-order chi connectivity index (χ1) is 14.0. The molecule has 152 valence electrons. The van der Waals surface area contributed by atoms with E-state index in [1.807, 2.05) is 18.2 Å². The maximum absolute atomic E-state index is 11.1. The minimum absolute atomic E-state index is 0.443. The molecule has 0 aliphatic heterocycles. The molecule has 0 spiro atoms. The van der Waals surface area contributed by atoms with Gasteiger partial charge < -0.3 is 28.8 Å². The van der Waals surface area contributed by atoms with Gasteiger partial charge in [0, 0.05) is 11.5 Å². The van der Waals surface area contributed by atoms with Crippen LogP contribution in [0.3, 0.4) is 0 Å². The molecule has 0 amide bonds. The SMILES string of the molecule is COc1cc2cc(/C=C/C(=O)O)c3cc(OC)c(OC)c(OC)c3c2cc1OC. The standard InChI is InChI=1S/C22H22O7/c1-25-16-9-13-8-12(6-7-19(23)24)14-11-18(27-3)21(28-4)22(29-5)20(14)15(13)10-17(16)26-2/h6-11H,1-5H3,(H,23,24)/b7-6+. The zero-order valence-corrected chi connectivity index (χ0v) is 16.9. The van der Waals surface area contributed by atoms with Crippen LogP contribution in [0.1, 0.15) is 5.56 Å². The van der Waals surface area contributed by atoms with Crippen molar-refractivity contribution in [2.24, 2.45) is 0 Å². The Bertz CT molecular complexity index is 1120. The number of hydrogen-bond acceptors (Lipinski definition) is 6. The minimum Gasteiger partial charge on any atom is -0.493 e. The number of carboxylic acids is 1. The highest BCUT2D eigenvalue weighted by Crippen LogP contribution is 2.48. The van der Waals surface area contributed by atoms with Gasteiger partial charge in [0.05, 0.1) is 35.5 Å². The van der Waals surface area contributed by atoms with Crippen molar-refractivity contribution in [3.8, 4) is 28.7 Å². The second kappa shape index (κ2) is 8.18. The van der Waals surface area contributed by atoms with Gasteiger partial charge in [-0.2, -0.15) is 0 Å². The molecule has 29 heavy (non-hydrogen) atoms. The Morgan fingerprint density at radius 1 is 0.759 bits per heavy atom. The fourth-order valence-corrected chi connectivity index (χ4v) is 3.43. The van der Waals surface area contributed by atoms with E-state index in [-0.39, 0.29) is 0 Å². The number of carbonyl (C=O) groups is 1. The molecule has 0 atom stereocenters. The summed E-state index contributed by atoms with van der Waals surface area (Å²) in [5, 5.41) is 12.3. The number of rotatable bonds is 7. The Morgan fingerprint density at radius 3 is 1.90 bits per heavy atom. The first-order valence-corrected chi connectivity index (χ1v) is 8.71. The molecule has 3 aromatic carbocycles. The molecule has 0 aliphatic carbocycles. The number of carboxylic acid groups (broad SMARTS) is 1. The zero-order valence-electron chi connectivity index (χ0n) is 16.9. The summed E-state index contributed by atoms with van der Waals surface area (Å²) in [5.74, 6) is 1.47. The van der Waals surface area contributed by atoms with E-state index in [9.17, 15) is 4.79 Å². The van der Waals surface area contributed by atoms with Crippen molar-refractivity contribution in [1.29, 1.82) is 0 Å². The van der Waals surface area contributed by atoms with Gasteiger partial charge in [-0.25, -0.2) is 4.79 Å². The fourth-order valence-electron chi connectivity index (χ4n) is 3.43. The number of benzene rings is 3. The van der Waals surface area contributed by atoms with E-state index in [0.717, 1.165) is 27.6 Å². The van der Waals surface area contributed by atoms with Crippen molar-refractivity contribution < 1.29 is 33.6 Å². The molecule has 0 heterocycles. The van der Waals surface area contributed by atoms with Gasteiger partial charge in [0.25, 0.3) is 0 Å². The van der Waals surface area contributed by atoms with Crippen LogP contribution in [0.4, 0.5) is 0 Å². The highest BCUT2D eigenvalue weighted by Gasteiger charge is 2.21. The highest BCUT2D eigenvalue weighted by atomic mass is 16.5. The summed E-state index contributed by atoms with van der Waals surface area (Å²) < 4.78 is 27.6. The third kappa shape index (κ3) is 3.47. The van der Waals surface area contributed by atoms with E-state index >= 15 is 0 Å². The van der Waals surface area contributed by atoms with Gasteiger partial charge in [-0.05, 0) is 52.1 Å². The maximum Gasteiger partial charge on any atom is 0.328 e. The van der Waals surface area contributed by atoms with E-state index in [2.05, 4.69) is 0 Å². The predicted octanol–water partition coefficient (Wildman–Crippen LogP) is 4.13. The molecule has 7 nitrogen and oxygen atoms in total. The second-order valence-electron chi connectivity index (χ2n) is 6.13. The molecule has 0 fully saturated rings. The largest absolute Gasteiger partial charge is 0.493 e. The summed E-state index contributed by atoms with van der Waals surface area (Å²) in [6.07, 6.45) is 2.62. The lowest BCUT2D eigenvalue weighted by Crippen LogP contribution is -1.98. The molecular weight excluding hydrogens is 376 g/mol. The van der Waals surface area contributed by atoms with Crippen molar-refractivity contribution >= 4 is 33.6 Å². The van der Waals surface area contributed by atoms with Crippen LogP contribution in [0.25, 0.3) is 27.6 Å². The van der Waals surface area contributed by atoms with Gasteiger partial charge >= 0.3 is 5.97 Å². The number of fused-ring (bicyclic) bond motifs is 3. The molecule has 0 bridgehead atoms. The van der Waals surface area contributed by atoms with E-state index in [1.54, 1.807) is 27.4 Å². The molecule has 0 aromatic heterocycles. The average Bonchev–Trinajstić information content (AvgIpc) is 2.74. The summed E-state index contributed by atoms with van der Waals surface area (Å²) in [5.41, 5.74) is 0.682. The zero-order chi connectivity index (χ0) is 21.1. The van der Waals surface area contributed by atoms with Crippen LogP contribution < -0.4 is 23.7 Å². The van der Waals surface area contributed by atoms with E-state index in [0.29, 0.717) is 34.3 Å². The second-order valence-corrected chi connectivity index (χ2v) is 6.13. The number of hydrogen-bond donors (Lipinski definition) is 1. The first kappa shape index (κ1) is 20.1. The summed E-state index contributed by atoms with van der Waals surface area (Å²) in [6, 6.07) is 7.37. The van der Waals surface area contributed by atoms with Crippen molar-refractivity contribution in [2.45, 2.75) is 0 Å². The van der Waals surface area contributed by atoms with Crippen LogP contribution in [0.5, 0.6) is 28.7 Å². The molecule has 3 rings (SSSR count). The normalized spacial score (nSPS) is 11.1. The van der Waals surface area contributed by atoms with Crippen LogP contribution in [0, 0.1) is 0 Å². The van der Waals surface area contributed by atoms with Gasteiger partial charge in [-0.3, -0.25) is 0 Å². The van der Waals surface area contributed by atoms with E-state index < -0.39 is 5.97 Å². The molecule has 1 N–H and O–H groups in total. The Hall–Kier alpha value is -3.61. The van der Waals surface area contributed by atoms with Crippen molar-refractivity contribution in [3.63, 3.8) is 0 Å². The van der Waals surface area contributed by atoms with Crippen LogP contribution in [0.2, 0.25) is 0 Å². The fraction of sp³-hybridized carbons (Fsp3) is 0.227. The summed E-state index contributed by atoms with van der Waals surface area (Å²) in [6.45, 7) is 0. The first-order valence-electron chi connectivity index (χ1n) is 8.71. The van der Waals surface area contributed by atoms with E-state index in [4.69, 9.17) is 28.8 Å². The van der Waals surface area contributed by atoms with Crippen molar-refractivity contribution in [2.75, 3.05) is 35.5 Å². The quantitative estimate of drug-likeness (QED) is 0.473. The van der Waals surface area contributed by atoms with Gasteiger partial charge in [-0.15, -0.1) is 0 Å². The molecular formula is C22H22O7. The van der Waals surface area contributed by atoms with Gasteiger partial charge in [0.1, 0.15) is 0 Å². The molecule has 0 radical (unpaired) electrons. The third-order valence-corrected chi connectivity index (χ3v) is 4.68. The lowest BCUT2D eigenvalue weighted by atomic mass is 9.95. The minimum atomic E-state index is -1.04.